The molecule has 5 nitrogen and oxygen atoms in total. The summed E-state index contributed by atoms with van der Waals surface area (Å²) in [5, 5.41) is 12.0. The van der Waals surface area contributed by atoms with Crippen molar-refractivity contribution in [3.8, 4) is 17.7 Å². The number of anilines is 1. The molecule has 1 aromatic rings. The third-order valence-corrected chi connectivity index (χ3v) is 2.55. The maximum absolute atomic E-state index is 8.47. The summed E-state index contributed by atoms with van der Waals surface area (Å²) in [5.41, 5.74) is 0.813. The van der Waals surface area contributed by atoms with Gasteiger partial charge in [0.05, 0.1) is 0 Å². The van der Waals surface area contributed by atoms with E-state index >= 15 is 0 Å². The maximum Gasteiger partial charge on any atom is 0.231 e. The van der Waals surface area contributed by atoms with Crippen molar-refractivity contribution in [2.24, 2.45) is 4.99 Å². The molecule has 1 N–H and O–H groups in total. The molecule has 0 radical (unpaired) electrons. The fourth-order valence-electron chi connectivity index (χ4n) is 1.27. The van der Waals surface area contributed by atoms with Crippen LogP contribution in [0.4, 0.5) is 5.69 Å². The second-order valence-electron chi connectivity index (χ2n) is 2.91. The van der Waals surface area contributed by atoms with Crippen LogP contribution < -0.4 is 14.8 Å². The summed E-state index contributed by atoms with van der Waals surface area (Å²) in [7, 11) is 0. The van der Waals surface area contributed by atoms with Crippen LogP contribution >= 0.6 is 11.8 Å². The Labute approximate surface area is 97.1 Å². The first-order valence-corrected chi connectivity index (χ1v) is 5.73. The first-order chi connectivity index (χ1) is 7.83. The van der Waals surface area contributed by atoms with Crippen LogP contribution in [-0.2, 0) is 0 Å². The number of nitrogens with zero attached hydrogens (tertiary/aromatic N) is 2. The molecule has 2 rings (SSSR count). The highest BCUT2D eigenvalue weighted by molar-refractivity contribution is 8.13. The molecule has 0 atom stereocenters. The molecule has 0 amide bonds. The van der Waals surface area contributed by atoms with Gasteiger partial charge < -0.3 is 14.8 Å². The number of thioether (sulfide) groups is 1. The normalized spacial score (nSPS) is 13.4. The summed E-state index contributed by atoms with van der Waals surface area (Å²) in [6, 6.07) is 5.47. The first-order valence-electron chi connectivity index (χ1n) is 4.51. The molecule has 0 unspecified atom stereocenters. The Balaban J connectivity index is 2.17. The molecular formula is C10H9N3O2S. The molecule has 1 aromatic carbocycles. The summed E-state index contributed by atoms with van der Waals surface area (Å²) in [5.74, 6) is 1.43. The quantitative estimate of drug-likeness (QED) is 0.458. The molecule has 6 heteroatoms. The molecule has 1 heterocycles. The zero-order chi connectivity index (χ0) is 11.4. The molecule has 16 heavy (non-hydrogen) atoms. The number of nitrogens with one attached hydrogen (secondary N) is 1. The van der Waals surface area contributed by atoms with Gasteiger partial charge in [-0.2, -0.15) is 5.26 Å². The second-order valence-corrected chi connectivity index (χ2v) is 3.71. The third-order valence-electron chi connectivity index (χ3n) is 1.97. The fourth-order valence-corrected chi connectivity index (χ4v) is 1.62. The maximum atomic E-state index is 8.47. The summed E-state index contributed by atoms with van der Waals surface area (Å²) in [6.07, 6.45) is 3.58. The SMILES string of the molecule is CS/C(=N\C#N)Nc1ccc2c(c1)OCO2. The van der Waals surface area contributed by atoms with Gasteiger partial charge in [0.25, 0.3) is 0 Å². The van der Waals surface area contributed by atoms with Gasteiger partial charge in [-0.1, -0.05) is 11.8 Å². The van der Waals surface area contributed by atoms with Crippen LogP contribution in [0.2, 0.25) is 0 Å². The molecule has 0 saturated heterocycles. The van der Waals surface area contributed by atoms with Crippen LogP contribution in [0.15, 0.2) is 23.2 Å². The molecule has 1 aliphatic heterocycles. The minimum Gasteiger partial charge on any atom is -0.454 e. The minimum atomic E-state index is 0.250. The lowest BCUT2D eigenvalue weighted by Crippen LogP contribution is -2.06. The van der Waals surface area contributed by atoms with Gasteiger partial charge >= 0.3 is 0 Å². The van der Waals surface area contributed by atoms with E-state index < -0.39 is 0 Å². The van der Waals surface area contributed by atoms with Crippen molar-refractivity contribution in [3.05, 3.63) is 18.2 Å². The van der Waals surface area contributed by atoms with Crippen LogP contribution in [0.5, 0.6) is 11.5 Å². The van der Waals surface area contributed by atoms with Crippen molar-refractivity contribution in [1.82, 2.24) is 0 Å². The number of fused-ring (bicyclic) bond motifs is 1. The summed E-state index contributed by atoms with van der Waals surface area (Å²) in [4.78, 5) is 3.63. The molecule has 0 spiro atoms. The summed E-state index contributed by atoms with van der Waals surface area (Å²) < 4.78 is 10.4. The van der Waals surface area contributed by atoms with E-state index in [1.54, 1.807) is 6.19 Å². The highest BCUT2D eigenvalue weighted by Crippen LogP contribution is 2.34. The van der Waals surface area contributed by atoms with Crippen LogP contribution in [0.25, 0.3) is 0 Å². The predicted octanol–water partition coefficient (Wildman–Crippen LogP) is 2.03. The Morgan fingerprint density at radius 3 is 3.06 bits per heavy atom. The Kier molecular flexibility index (Phi) is 3.17. The van der Waals surface area contributed by atoms with Gasteiger partial charge in [0.15, 0.2) is 16.7 Å². The predicted molar refractivity (Wildman–Crippen MR) is 62.8 cm³/mol. The summed E-state index contributed by atoms with van der Waals surface area (Å²) >= 11 is 1.37. The largest absolute Gasteiger partial charge is 0.454 e. The van der Waals surface area contributed by atoms with Gasteiger partial charge in [0.1, 0.15) is 0 Å². The Morgan fingerprint density at radius 1 is 1.50 bits per heavy atom. The Hall–Kier alpha value is -1.87. The molecule has 82 valence electrons. The molecule has 0 fully saturated rings. The smallest absolute Gasteiger partial charge is 0.231 e. The van der Waals surface area contributed by atoms with E-state index in [0.29, 0.717) is 10.9 Å². The number of ether oxygens (including phenoxy) is 2. The van der Waals surface area contributed by atoms with Crippen molar-refractivity contribution in [2.45, 2.75) is 0 Å². The highest BCUT2D eigenvalue weighted by atomic mass is 32.2. The van der Waals surface area contributed by atoms with E-state index in [4.69, 9.17) is 14.7 Å². The van der Waals surface area contributed by atoms with E-state index in [1.165, 1.54) is 11.8 Å². The minimum absolute atomic E-state index is 0.250. The number of rotatable bonds is 1. The summed E-state index contributed by atoms with van der Waals surface area (Å²) in [6.45, 7) is 0.250. The van der Waals surface area contributed by atoms with E-state index in [2.05, 4.69) is 10.3 Å². The number of hydrogen-bond donors (Lipinski definition) is 1. The van der Waals surface area contributed by atoms with Crippen molar-refractivity contribution < 1.29 is 9.47 Å². The Bertz CT molecular complexity index is 468. The zero-order valence-corrected chi connectivity index (χ0v) is 9.37. The number of aliphatic imine (C=N–C) groups is 1. The van der Waals surface area contributed by atoms with Gasteiger partial charge in [-0.25, -0.2) is 0 Å². The Morgan fingerprint density at radius 2 is 2.31 bits per heavy atom. The van der Waals surface area contributed by atoms with Crippen molar-refractivity contribution >= 4 is 22.6 Å². The lowest BCUT2D eigenvalue weighted by molar-refractivity contribution is 0.174. The first kappa shape index (κ1) is 10.6. The molecule has 0 bridgehead atoms. The zero-order valence-electron chi connectivity index (χ0n) is 8.56. The van der Waals surface area contributed by atoms with E-state index in [0.717, 1.165) is 11.4 Å². The van der Waals surface area contributed by atoms with Crippen LogP contribution in [-0.4, -0.2) is 18.2 Å². The molecule has 0 aromatic heterocycles. The van der Waals surface area contributed by atoms with Crippen LogP contribution in [0.1, 0.15) is 0 Å². The average molecular weight is 235 g/mol. The van der Waals surface area contributed by atoms with E-state index in [1.807, 2.05) is 24.5 Å². The van der Waals surface area contributed by atoms with E-state index in [9.17, 15) is 0 Å². The lowest BCUT2D eigenvalue weighted by Gasteiger charge is -2.06. The van der Waals surface area contributed by atoms with Gasteiger partial charge in [-0.15, -0.1) is 4.99 Å². The van der Waals surface area contributed by atoms with E-state index in [-0.39, 0.29) is 6.79 Å². The van der Waals surface area contributed by atoms with Crippen molar-refractivity contribution in [2.75, 3.05) is 18.4 Å². The molecule has 1 aliphatic rings. The average Bonchev–Trinajstić information content (AvgIpc) is 2.75. The van der Waals surface area contributed by atoms with Crippen LogP contribution in [0, 0.1) is 11.5 Å². The highest BCUT2D eigenvalue weighted by Gasteiger charge is 2.13. The number of amidine groups is 1. The van der Waals surface area contributed by atoms with Gasteiger partial charge in [0.2, 0.25) is 13.0 Å². The number of nitriles is 1. The van der Waals surface area contributed by atoms with Crippen molar-refractivity contribution in [3.63, 3.8) is 0 Å². The van der Waals surface area contributed by atoms with Gasteiger partial charge in [-0.3, -0.25) is 0 Å². The topological polar surface area (TPSA) is 66.6 Å². The third kappa shape index (κ3) is 2.20. The van der Waals surface area contributed by atoms with Crippen molar-refractivity contribution in [1.29, 1.82) is 5.26 Å². The van der Waals surface area contributed by atoms with Gasteiger partial charge in [0, 0.05) is 11.8 Å². The standard InChI is InChI=1S/C10H9N3O2S/c1-16-10(12-5-11)13-7-2-3-8-9(4-7)15-6-14-8/h2-4H,6H2,1H3,(H,12,13). The van der Waals surface area contributed by atoms with Crippen LogP contribution in [0.3, 0.4) is 0 Å². The lowest BCUT2D eigenvalue weighted by atomic mass is 10.3. The second kappa shape index (κ2) is 4.77. The molecule has 0 aliphatic carbocycles. The number of hydrogen-bond acceptors (Lipinski definition) is 5. The molecule has 0 saturated carbocycles. The number of benzene rings is 1. The fraction of sp³-hybridized carbons (Fsp3) is 0.200. The van der Waals surface area contributed by atoms with Gasteiger partial charge in [-0.05, 0) is 18.4 Å². The monoisotopic (exact) mass is 235 g/mol. The molecular weight excluding hydrogens is 226 g/mol.